The van der Waals surface area contributed by atoms with Crippen molar-refractivity contribution >= 4 is 0 Å². The number of phenolic OH excluding ortho intramolecular Hbond substituents is 1. The molecule has 0 aliphatic heterocycles. The number of phenols is 1. The molecular formula is C18H23NO2. The second kappa shape index (κ2) is 7.70. The molecular weight excluding hydrogens is 262 g/mol. The summed E-state index contributed by atoms with van der Waals surface area (Å²) in [6, 6.07) is 16.1. The Bertz CT molecular complexity index is 554. The molecule has 0 spiro atoms. The molecule has 1 unspecified atom stereocenters. The van der Waals surface area contributed by atoms with E-state index >= 15 is 0 Å². The highest BCUT2D eigenvalue weighted by molar-refractivity contribution is 5.45. The molecule has 0 aliphatic carbocycles. The molecule has 0 saturated carbocycles. The lowest BCUT2D eigenvalue weighted by Crippen LogP contribution is -2.16. The minimum absolute atomic E-state index is 0.226. The standard InChI is InChI=1S/C18H23NO2/c1-14(15-7-4-3-5-8-15)11-12-19-13-16-9-6-10-17(21-2)18(16)20/h3-10,14,19-20H,11-13H2,1-2H3. The van der Waals surface area contributed by atoms with Crippen LogP contribution in [0.1, 0.15) is 30.4 Å². The lowest BCUT2D eigenvalue weighted by atomic mass is 9.98. The normalized spacial score (nSPS) is 12.1. The Morgan fingerprint density at radius 3 is 2.57 bits per heavy atom. The van der Waals surface area contributed by atoms with Crippen molar-refractivity contribution in [1.82, 2.24) is 5.32 Å². The molecule has 2 aromatic carbocycles. The van der Waals surface area contributed by atoms with E-state index in [1.807, 2.05) is 18.2 Å². The number of hydrogen-bond acceptors (Lipinski definition) is 3. The molecule has 2 N–H and O–H groups in total. The van der Waals surface area contributed by atoms with Gasteiger partial charge in [0.2, 0.25) is 0 Å². The number of ether oxygens (including phenoxy) is 1. The van der Waals surface area contributed by atoms with Crippen molar-refractivity contribution in [3.63, 3.8) is 0 Å². The fourth-order valence-corrected chi connectivity index (χ4v) is 2.37. The number of aromatic hydroxyl groups is 1. The van der Waals surface area contributed by atoms with Crippen LogP contribution in [0.15, 0.2) is 48.5 Å². The summed E-state index contributed by atoms with van der Waals surface area (Å²) in [6.45, 7) is 3.79. The zero-order valence-corrected chi connectivity index (χ0v) is 12.7. The molecule has 2 aromatic rings. The first-order valence-electron chi connectivity index (χ1n) is 7.33. The summed E-state index contributed by atoms with van der Waals surface area (Å²) in [5.74, 6) is 1.27. The maximum Gasteiger partial charge on any atom is 0.162 e. The summed E-state index contributed by atoms with van der Waals surface area (Å²) in [7, 11) is 1.56. The van der Waals surface area contributed by atoms with Crippen LogP contribution in [0.2, 0.25) is 0 Å². The molecule has 112 valence electrons. The first kappa shape index (κ1) is 15.4. The second-order valence-electron chi connectivity index (χ2n) is 5.25. The molecule has 0 heterocycles. The Balaban J connectivity index is 1.80. The topological polar surface area (TPSA) is 41.5 Å². The van der Waals surface area contributed by atoms with E-state index in [9.17, 15) is 5.11 Å². The molecule has 3 nitrogen and oxygen atoms in total. The van der Waals surface area contributed by atoms with Gasteiger partial charge in [0.1, 0.15) is 0 Å². The number of benzene rings is 2. The van der Waals surface area contributed by atoms with Crippen molar-refractivity contribution < 1.29 is 9.84 Å². The van der Waals surface area contributed by atoms with Crippen LogP contribution >= 0.6 is 0 Å². The highest BCUT2D eigenvalue weighted by atomic mass is 16.5. The molecule has 21 heavy (non-hydrogen) atoms. The first-order valence-corrected chi connectivity index (χ1v) is 7.33. The molecule has 0 aliphatic rings. The van der Waals surface area contributed by atoms with Crippen LogP contribution in [0.4, 0.5) is 0 Å². The highest BCUT2D eigenvalue weighted by Crippen LogP contribution is 2.29. The van der Waals surface area contributed by atoms with Gasteiger partial charge in [0.25, 0.3) is 0 Å². The minimum atomic E-state index is 0.226. The number of para-hydroxylation sites is 1. The zero-order valence-electron chi connectivity index (χ0n) is 12.7. The largest absolute Gasteiger partial charge is 0.504 e. The van der Waals surface area contributed by atoms with Gasteiger partial charge in [-0.05, 0) is 30.5 Å². The molecule has 0 saturated heterocycles. The summed E-state index contributed by atoms with van der Waals surface area (Å²) in [4.78, 5) is 0. The van der Waals surface area contributed by atoms with E-state index < -0.39 is 0 Å². The average molecular weight is 285 g/mol. The van der Waals surface area contributed by atoms with Gasteiger partial charge in [-0.1, -0.05) is 49.4 Å². The van der Waals surface area contributed by atoms with Gasteiger partial charge in [0, 0.05) is 12.1 Å². The van der Waals surface area contributed by atoms with Crippen molar-refractivity contribution in [2.75, 3.05) is 13.7 Å². The molecule has 0 fully saturated rings. The molecule has 0 amide bonds. The van der Waals surface area contributed by atoms with Gasteiger partial charge in [-0.3, -0.25) is 0 Å². The van der Waals surface area contributed by atoms with Crippen LogP contribution in [0, 0.1) is 0 Å². The lowest BCUT2D eigenvalue weighted by molar-refractivity contribution is 0.369. The van der Waals surface area contributed by atoms with Crippen molar-refractivity contribution in [2.24, 2.45) is 0 Å². The minimum Gasteiger partial charge on any atom is -0.504 e. The van der Waals surface area contributed by atoms with Gasteiger partial charge in [0.15, 0.2) is 11.5 Å². The summed E-state index contributed by atoms with van der Waals surface area (Å²) < 4.78 is 5.11. The van der Waals surface area contributed by atoms with Gasteiger partial charge in [-0.15, -0.1) is 0 Å². The van der Waals surface area contributed by atoms with Gasteiger partial charge in [-0.25, -0.2) is 0 Å². The smallest absolute Gasteiger partial charge is 0.162 e. The Morgan fingerprint density at radius 1 is 1.10 bits per heavy atom. The van der Waals surface area contributed by atoms with Crippen molar-refractivity contribution in [3.8, 4) is 11.5 Å². The first-order chi connectivity index (χ1) is 10.2. The maximum atomic E-state index is 10.0. The summed E-state index contributed by atoms with van der Waals surface area (Å²) in [6.07, 6.45) is 1.06. The Labute approximate surface area is 126 Å². The third-order valence-corrected chi connectivity index (χ3v) is 3.74. The summed E-state index contributed by atoms with van der Waals surface area (Å²) in [5.41, 5.74) is 2.23. The second-order valence-corrected chi connectivity index (χ2v) is 5.25. The number of rotatable bonds is 7. The summed E-state index contributed by atoms with van der Waals surface area (Å²) in [5, 5.41) is 13.4. The molecule has 0 aromatic heterocycles. The van der Waals surface area contributed by atoms with Gasteiger partial charge in [-0.2, -0.15) is 0 Å². The van der Waals surface area contributed by atoms with E-state index in [0.29, 0.717) is 18.2 Å². The number of hydrogen-bond donors (Lipinski definition) is 2. The summed E-state index contributed by atoms with van der Waals surface area (Å²) >= 11 is 0. The van der Waals surface area contributed by atoms with Crippen LogP contribution < -0.4 is 10.1 Å². The van der Waals surface area contributed by atoms with E-state index in [0.717, 1.165) is 18.5 Å². The third-order valence-electron chi connectivity index (χ3n) is 3.74. The Kier molecular flexibility index (Phi) is 5.64. The molecule has 0 radical (unpaired) electrons. The van der Waals surface area contributed by atoms with E-state index in [-0.39, 0.29) is 5.75 Å². The van der Waals surface area contributed by atoms with E-state index in [1.54, 1.807) is 13.2 Å². The average Bonchev–Trinajstić information content (AvgIpc) is 2.53. The van der Waals surface area contributed by atoms with Crippen LogP contribution in [-0.2, 0) is 6.54 Å². The lowest BCUT2D eigenvalue weighted by Gasteiger charge is -2.13. The van der Waals surface area contributed by atoms with Gasteiger partial charge in [0.05, 0.1) is 7.11 Å². The third kappa shape index (κ3) is 4.23. The van der Waals surface area contributed by atoms with E-state index in [4.69, 9.17) is 4.74 Å². The molecule has 1 atom stereocenters. The highest BCUT2D eigenvalue weighted by Gasteiger charge is 2.07. The predicted octanol–water partition coefficient (Wildman–Crippen LogP) is 3.68. The zero-order chi connectivity index (χ0) is 15.1. The van der Waals surface area contributed by atoms with E-state index in [2.05, 4.69) is 36.5 Å². The van der Waals surface area contributed by atoms with Crippen molar-refractivity contribution in [1.29, 1.82) is 0 Å². The number of methoxy groups -OCH3 is 1. The SMILES string of the molecule is COc1cccc(CNCCC(C)c2ccccc2)c1O. The fourth-order valence-electron chi connectivity index (χ4n) is 2.37. The van der Waals surface area contributed by atoms with Crippen LogP contribution in [0.3, 0.4) is 0 Å². The van der Waals surface area contributed by atoms with Gasteiger partial charge < -0.3 is 15.2 Å². The Hall–Kier alpha value is -2.00. The van der Waals surface area contributed by atoms with Crippen LogP contribution in [0.5, 0.6) is 11.5 Å². The van der Waals surface area contributed by atoms with Gasteiger partial charge >= 0.3 is 0 Å². The quantitative estimate of drug-likeness (QED) is 0.762. The van der Waals surface area contributed by atoms with Crippen LogP contribution in [-0.4, -0.2) is 18.8 Å². The fraction of sp³-hybridized carbons (Fsp3) is 0.333. The van der Waals surface area contributed by atoms with Crippen molar-refractivity contribution in [2.45, 2.75) is 25.8 Å². The predicted molar refractivity (Wildman–Crippen MR) is 85.8 cm³/mol. The molecule has 2 rings (SSSR count). The monoisotopic (exact) mass is 285 g/mol. The van der Waals surface area contributed by atoms with Crippen molar-refractivity contribution in [3.05, 3.63) is 59.7 Å². The van der Waals surface area contributed by atoms with Crippen LogP contribution in [0.25, 0.3) is 0 Å². The Morgan fingerprint density at radius 2 is 1.86 bits per heavy atom. The number of nitrogens with one attached hydrogen (secondary N) is 1. The molecule has 0 bridgehead atoms. The molecule has 3 heteroatoms. The maximum absolute atomic E-state index is 10.0. The van der Waals surface area contributed by atoms with E-state index in [1.165, 1.54) is 5.56 Å².